The highest BCUT2D eigenvalue weighted by molar-refractivity contribution is 7.80. The minimum absolute atomic E-state index is 0.314. The molecule has 112 valence electrons. The smallest absolute Gasteiger partial charge is 0.123 e. The van der Waals surface area contributed by atoms with Gasteiger partial charge in [-0.2, -0.15) is 0 Å². The second kappa shape index (κ2) is 8.16. The molecule has 1 aromatic rings. The van der Waals surface area contributed by atoms with Crippen molar-refractivity contribution in [3.63, 3.8) is 0 Å². The normalized spacial score (nSPS) is 12.4. The number of thiocarbonyl (C=S) groups is 1. The number of ether oxygens (including phenoxy) is 2. The molecule has 20 heavy (non-hydrogen) atoms. The highest BCUT2D eigenvalue weighted by Crippen LogP contribution is 2.21. The van der Waals surface area contributed by atoms with Crippen molar-refractivity contribution in [1.82, 2.24) is 4.90 Å². The van der Waals surface area contributed by atoms with Crippen molar-refractivity contribution in [3.8, 4) is 5.75 Å². The second-order valence-electron chi connectivity index (χ2n) is 4.70. The molecule has 1 unspecified atom stereocenters. The standard InChI is InChI=1S/C14H22N2O3S/c1-16(8-12(17)9-18-2)7-11-6-10(14(15)20)4-5-13(11)19-3/h4-6,12,17H,7-9H2,1-3H3,(H2,15,20). The molecule has 0 radical (unpaired) electrons. The Morgan fingerprint density at radius 3 is 2.70 bits per heavy atom. The van der Waals surface area contributed by atoms with E-state index < -0.39 is 6.10 Å². The molecule has 0 saturated heterocycles. The maximum absolute atomic E-state index is 9.73. The van der Waals surface area contributed by atoms with E-state index >= 15 is 0 Å². The van der Waals surface area contributed by atoms with Crippen molar-refractivity contribution in [2.75, 3.05) is 34.4 Å². The van der Waals surface area contributed by atoms with Crippen LogP contribution in [0.5, 0.6) is 5.75 Å². The van der Waals surface area contributed by atoms with Crippen molar-refractivity contribution in [1.29, 1.82) is 0 Å². The average Bonchev–Trinajstić information content (AvgIpc) is 2.38. The van der Waals surface area contributed by atoms with Crippen molar-refractivity contribution in [3.05, 3.63) is 29.3 Å². The maximum atomic E-state index is 9.73. The molecule has 0 heterocycles. The van der Waals surface area contributed by atoms with Crippen LogP contribution in [0.4, 0.5) is 0 Å². The van der Waals surface area contributed by atoms with E-state index in [-0.39, 0.29) is 0 Å². The summed E-state index contributed by atoms with van der Waals surface area (Å²) < 4.78 is 10.3. The van der Waals surface area contributed by atoms with E-state index in [9.17, 15) is 5.11 Å². The predicted octanol–water partition coefficient (Wildman–Crippen LogP) is 0.768. The molecule has 0 spiro atoms. The van der Waals surface area contributed by atoms with Crippen LogP contribution in [0.15, 0.2) is 18.2 Å². The van der Waals surface area contributed by atoms with Gasteiger partial charge < -0.3 is 20.3 Å². The van der Waals surface area contributed by atoms with E-state index in [2.05, 4.69) is 0 Å². The number of likely N-dealkylation sites (N-methyl/N-ethyl adjacent to an activating group) is 1. The van der Waals surface area contributed by atoms with Gasteiger partial charge in [0.25, 0.3) is 0 Å². The van der Waals surface area contributed by atoms with Crippen LogP contribution >= 0.6 is 12.2 Å². The van der Waals surface area contributed by atoms with E-state index in [1.165, 1.54) is 0 Å². The number of benzene rings is 1. The Balaban J connectivity index is 2.78. The molecule has 0 aromatic heterocycles. The Morgan fingerprint density at radius 1 is 1.45 bits per heavy atom. The number of nitrogens with zero attached hydrogens (tertiary/aromatic N) is 1. The van der Waals surface area contributed by atoms with Crippen LogP contribution in [0.2, 0.25) is 0 Å². The Labute approximate surface area is 125 Å². The van der Waals surface area contributed by atoms with Gasteiger partial charge >= 0.3 is 0 Å². The fourth-order valence-corrected chi connectivity index (χ4v) is 2.14. The van der Waals surface area contributed by atoms with Crippen molar-refractivity contribution in [2.24, 2.45) is 5.73 Å². The lowest BCUT2D eigenvalue weighted by Gasteiger charge is -2.21. The minimum atomic E-state index is -0.519. The predicted molar refractivity (Wildman–Crippen MR) is 83.1 cm³/mol. The molecule has 5 nitrogen and oxygen atoms in total. The van der Waals surface area contributed by atoms with Gasteiger partial charge in [-0.25, -0.2) is 0 Å². The monoisotopic (exact) mass is 298 g/mol. The molecular formula is C14H22N2O3S. The minimum Gasteiger partial charge on any atom is -0.496 e. The summed E-state index contributed by atoms with van der Waals surface area (Å²) in [5, 5.41) is 9.73. The average molecular weight is 298 g/mol. The van der Waals surface area contributed by atoms with Gasteiger partial charge in [0.15, 0.2) is 0 Å². The van der Waals surface area contributed by atoms with Gasteiger partial charge in [-0.05, 0) is 25.2 Å². The maximum Gasteiger partial charge on any atom is 0.123 e. The van der Waals surface area contributed by atoms with E-state index in [0.717, 1.165) is 16.9 Å². The van der Waals surface area contributed by atoms with Gasteiger partial charge in [0.1, 0.15) is 10.7 Å². The molecule has 6 heteroatoms. The zero-order valence-electron chi connectivity index (χ0n) is 12.1. The Kier molecular flexibility index (Phi) is 6.87. The first-order valence-corrected chi connectivity index (χ1v) is 6.71. The quantitative estimate of drug-likeness (QED) is 0.691. The van der Waals surface area contributed by atoms with E-state index in [1.807, 2.05) is 30.1 Å². The van der Waals surface area contributed by atoms with Gasteiger partial charge in [-0.3, -0.25) is 4.90 Å². The largest absolute Gasteiger partial charge is 0.496 e. The van der Waals surface area contributed by atoms with Crippen molar-refractivity contribution < 1.29 is 14.6 Å². The highest BCUT2D eigenvalue weighted by Gasteiger charge is 2.12. The summed E-state index contributed by atoms with van der Waals surface area (Å²) in [4.78, 5) is 2.35. The molecule has 0 aliphatic carbocycles. The van der Waals surface area contributed by atoms with Gasteiger partial charge in [-0.1, -0.05) is 12.2 Å². The molecule has 0 aliphatic heterocycles. The van der Waals surface area contributed by atoms with Gasteiger partial charge in [-0.15, -0.1) is 0 Å². The number of aliphatic hydroxyl groups excluding tert-OH is 1. The zero-order chi connectivity index (χ0) is 15.1. The van der Waals surface area contributed by atoms with Crippen LogP contribution in [0, 0.1) is 0 Å². The molecule has 0 aliphatic rings. The first-order chi connectivity index (χ1) is 9.47. The fourth-order valence-electron chi connectivity index (χ4n) is 2.02. The van der Waals surface area contributed by atoms with Crippen LogP contribution < -0.4 is 10.5 Å². The first kappa shape index (κ1) is 16.8. The number of nitrogens with two attached hydrogens (primary N) is 1. The number of hydrogen-bond donors (Lipinski definition) is 2. The molecule has 3 N–H and O–H groups in total. The topological polar surface area (TPSA) is 68.0 Å². The summed E-state index contributed by atoms with van der Waals surface area (Å²) in [5.41, 5.74) is 7.43. The molecule has 0 fully saturated rings. The van der Waals surface area contributed by atoms with E-state index in [4.69, 9.17) is 27.4 Å². The van der Waals surface area contributed by atoms with E-state index in [1.54, 1.807) is 14.2 Å². The second-order valence-corrected chi connectivity index (χ2v) is 5.14. The lowest BCUT2D eigenvalue weighted by atomic mass is 10.1. The molecule has 0 amide bonds. The van der Waals surface area contributed by atoms with Crippen LogP contribution in [-0.2, 0) is 11.3 Å². The highest BCUT2D eigenvalue weighted by atomic mass is 32.1. The molecule has 0 bridgehead atoms. The molecule has 1 aromatic carbocycles. The van der Waals surface area contributed by atoms with Crippen molar-refractivity contribution >= 4 is 17.2 Å². The summed E-state index contributed by atoms with van der Waals surface area (Å²) >= 11 is 4.99. The molecule has 1 atom stereocenters. The summed E-state index contributed by atoms with van der Waals surface area (Å²) in [6.45, 7) is 1.45. The number of hydrogen-bond acceptors (Lipinski definition) is 5. The molecule has 1 rings (SSSR count). The third-order valence-corrected chi connectivity index (χ3v) is 3.12. The summed E-state index contributed by atoms with van der Waals surface area (Å²) in [6, 6.07) is 5.61. The van der Waals surface area contributed by atoms with Gasteiger partial charge in [0, 0.05) is 31.3 Å². The molecular weight excluding hydrogens is 276 g/mol. The third kappa shape index (κ3) is 5.05. The fraction of sp³-hybridized carbons (Fsp3) is 0.500. The third-order valence-electron chi connectivity index (χ3n) is 2.89. The van der Waals surface area contributed by atoms with E-state index in [0.29, 0.717) is 24.7 Å². The number of rotatable bonds is 8. The molecule has 0 saturated carbocycles. The van der Waals surface area contributed by atoms with Gasteiger partial charge in [0.2, 0.25) is 0 Å². The summed E-state index contributed by atoms with van der Waals surface area (Å²) in [5.74, 6) is 0.776. The van der Waals surface area contributed by atoms with Crippen LogP contribution in [-0.4, -0.2) is 55.5 Å². The summed E-state index contributed by atoms with van der Waals surface area (Å²) in [7, 11) is 5.11. The van der Waals surface area contributed by atoms with Crippen LogP contribution in [0.25, 0.3) is 0 Å². The first-order valence-electron chi connectivity index (χ1n) is 6.30. The summed E-state index contributed by atoms with van der Waals surface area (Å²) in [6.07, 6.45) is -0.519. The van der Waals surface area contributed by atoms with Gasteiger partial charge in [0.05, 0.1) is 19.8 Å². The Morgan fingerprint density at radius 2 is 2.15 bits per heavy atom. The lowest BCUT2D eigenvalue weighted by Crippen LogP contribution is -2.31. The lowest BCUT2D eigenvalue weighted by molar-refractivity contribution is 0.0417. The Bertz CT molecular complexity index is 454. The Hall–Kier alpha value is -1.21. The number of methoxy groups -OCH3 is 2. The van der Waals surface area contributed by atoms with Crippen LogP contribution in [0.1, 0.15) is 11.1 Å². The van der Waals surface area contributed by atoms with Crippen molar-refractivity contribution in [2.45, 2.75) is 12.6 Å². The zero-order valence-corrected chi connectivity index (χ0v) is 12.9. The SMILES string of the molecule is COCC(O)CN(C)Cc1cc(C(N)=S)ccc1OC. The number of aliphatic hydroxyl groups is 1. The van der Waals surface area contributed by atoms with Crippen LogP contribution in [0.3, 0.4) is 0 Å².